The quantitative estimate of drug-likeness (QED) is 0.271. The minimum Gasteiger partial charge on any atom is -0.870 e. The number of rotatable bonds is 3. The van der Waals surface area contributed by atoms with E-state index in [1.54, 1.807) is 27.7 Å². The number of esters is 1. The largest absolute Gasteiger partial charge is 1.00 e. The first-order valence-electron chi connectivity index (χ1n) is 12.9. The number of amides is 2. The topological polar surface area (TPSA) is 236 Å². The zero-order valence-electron chi connectivity index (χ0n) is 25.8. The molecule has 236 valence electrons. The third-order valence-corrected chi connectivity index (χ3v) is 5.63. The number of carboxylic acid groups (broad SMARTS) is 1. The van der Waals surface area contributed by atoms with E-state index in [4.69, 9.17) is 28.4 Å². The molecule has 0 saturated heterocycles. The van der Waals surface area contributed by atoms with E-state index in [-0.39, 0.29) is 60.9 Å². The molecule has 0 spiro atoms. The maximum absolute atomic E-state index is 12.1. The number of nitrogens with zero attached hydrogens (tertiary/aromatic N) is 4. The SMILES string of the molecule is CC(C)(C)OC(=O)N1CCc2onc(C(=O)O)c2C1.CCOC(=O)c1noc2c1CN(C(=O)OC(C)(C)C)CC2.O.[Li+].[OH-]. The normalized spacial score (nSPS) is 13.7. The maximum atomic E-state index is 12.1. The van der Waals surface area contributed by atoms with E-state index in [2.05, 4.69) is 10.3 Å². The molecule has 4 rings (SSSR count). The van der Waals surface area contributed by atoms with Crippen molar-refractivity contribution in [1.29, 1.82) is 0 Å². The van der Waals surface area contributed by atoms with Gasteiger partial charge in [-0.25, -0.2) is 19.2 Å². The number of carboxylic acids is 1. The van der Waals surface area contributed by atoms with E-state index in [1.807, 2.05) is 20.8 Å². The van der Waals surface area contributed by atoms with Crippen LogP contribution in [0.3, 0.4) is 0 Å². The van der Waals surface area contributed by atoms with Crippen molar-refractivity contribution in [1.82, 2.24) is 20.1 Å². The summed E-state index contributed by atoms with van der Waals surface area (Å²) in [6.07, 6.45) is 0.0652. The minimum atomic E-state index is -1.16. The maximum Gasteiger partial charge on any atom is 1.00 e. The van der Waals surface area contributed by atoms with E-state index >= 15 is 0 Å². The summed E-state index contributed by atoms with van der Waals surface area (Å²) in [4.78, 5) is 49.8. The monoisotopic (exact) mass is 606 g/mol. The van der Waals surface area contributed by atoms with Gasteiger partial charge in [0.15, 0.2) is 11.4 Å². The van der Waals surface area contributed by atoms with Crippen molar-refractivity contribution in [2.45, 2.75) is 85.6 Å². The Labute approximate surface area is 260 Å². The Morgan fingerprint density at radius 1 is 0.814 bits per heavy atom. The standard InChI is InChI=1S/C14H20N2O5.C12H16N2O5.Li.2H2O/c1-5-19-12(17)11-9-8-16(7-6-10(9)21-15-11)13(18)20-14(2,3)4;1-12(2,3)18-11(17)14-5-4-8-7(6-14)9(10(15)16)13-19-8;;;/h5-8H2,1-4H3;4-6H2,1-3H3,(H,15,16);;2*1H2/q;;+1;;/p-1. The molecule has 4 N–H and O–H groups in total. The van der Waals surface area contributed by atoms with E-state index in [9.17, 15) is 19.2 Å². The summed E-state index contributed by atoms with van der Waals surface area (Å²) >= 11 is 0. The van der Waals surface area contributed by atoms with E-state index in [1.165, 1.54) is 9.80 Å². The smallest absolute Gasteiger partial charge is 0.870 e. The Morgan fingerprint density at radius 2 is 1.21 bits per heavy atom. The Bertz CT molecular complexity index is 1260. The van der Waals surface area contributed by atoms with Crippen molar-refractivity contribution in [3.05, 3.63) is 34.0 Å². The van der Waals surface area contributed by atoms with Crippen molar-refractivity contribution in [2.24, 2.45) is 0 Å². The van der Waals surface area contributed by atoms with Crippen LogP contribution in [0.4, 0.5) is 9.59 Å². The van der Waals surface area contributed by atoms with Crippen molar-refractivity contribution in [3.63, 3.8) is 0 Å². The van der Waals surface area contributed by atoms with Crippen molar-refractivity contribution in [2.75, 3.05) is 19.7 Å². The number of ether oxygens (including phenoxy) is 3. The fraction of sp³-hybridized carbons (Fsp3) is 0.615. The van der Waals surface area contributed by atoms with Crippen LogP contribution in [-0.2, 0) is 40.1 Å². The molecule has 0 fully saturated rings. The molecule has 43 heavy (non-hydrogen) atoms. The molecule has 16 nitrogen and oxygen atoms in total. The molecule has 17 heteroatoms. The second kappa shape index (κ2) is 15.8. The number of hydrogen-bond acceptors (Lipinski definition) is 12. The number of aromatic carboxylic acids is 1. The van der Waals surface area contributed by atoms with Crippen molar-refractivity contribution < 1.29 is 77.4 Å². The van der Waals surface area contributed by atoms with Gasteiger partial charge in [-0.3, -0.25) is 0 Å². The fourth-order valence-corrected chi connectivity index (χ4v) is 3.91. The van der Waals surface area contributed by atoms with Crippen LogP contribution in [0.25, 0.3) is 0 Å². The van der Waals surface area contributed by atoms with E-state index in [0.717, 1.165) is 0 Å². The Kier molecular flexibility index (Phi) is 14.4. The molecule has 0 saturated carbocycles. The van der Waals surface area contributed by atoms with Gasteiger partial charge in [-0.1, -0.05) is 10.3 Å². The van der Waals surface area contributed by atoms with Gasteiger partial charge in [0.05, 0.1) is 19.7 Å². The zero-order chi connectivity index (χ0) is 29.8. The number of carbonyl (C=O) groups excluding carboxylic acids is 3. The van der Waals surface area contributed by atoms with E-state index in [0.29, 0.717) is 48.6 Å². The fourth-order valence-electron chi connectivity index (χ4n) is 3.91. The Balaban J connectivity index is 0.000000770. The number of fused-ring (bicyclic) bond motifs is 2. The van der Waals surface area contributed by atoms with Gasteiger partial charge in [0.2, 0.25) is 0 Å². The van der Waals surface area contributed by atoms with Crippen LogP contribution in [0.15, 0.2) is 9.05 Å². The first-order chi connectivity index (χ1) is 18.6. The van der Waals surface area contributed by atoms with Crippen molar-refractivity contribution >= 4 is 24.1 Å². The molecule has 0 aromatic carbocycles. The first-order valence-corrected chi connectivity index (χ1v) is 12.9. The predicted molar refractivity (Wildman–Crippen MR) is 142 cm³/mol. The van der Waals surface area contributed by atoms with Gasteiger partial charge in [0.1, 0.15) is 22.7 Å². The molecule has 2 aromatic rings. The van der Waals surface area contributed by atoms with Crippen LogP contribution in [0, 0.1) is 0 Å². The van der Waals surface area contributed by atoms with Gasteiger partial charge < -0.3 is 49.1 Å². The number of carbonyl (C=O) groups is 4. The zero-order valence-corrected chi connectivity index (χ0v) is 25.8. The number of aromatic nitrogens is 2. The average Bonchev–Trinajstić information content (AvgIpc) is 3.46. The van der Waals surface area contributed by atoms with Gasteiger partial charge >= 0.3 is 43.0 Å². The molecule has 2 aromatic heterocycles. The van der Waals surface area contributed by atoms with Gasteiger partial charge in [0.25, 0.3) is 0 Å². The molecule has 0 aliphatic carbocycles. The molecule has 0 radical (unpaired) electrons. The summed E-state index contributed by atoms with van der Waals surface area (Å²) in [5, 5.41) is 16.3. The summed E-state index contributed by atoms with van der Waals surface area (Å²) in [7, 11) is 0. The molecular formula is C26H39LiN4O12. The van der Waals surface area contributed by atoms with Gasteiger partial charge in [-0.2, -0.15) is 0 Å². The summed E-state index contributed by atoms with van der Waals surface area (Å²) in [5.41, 5.74) is -0.0871. The third-order valence-electron chi connectivity index (χ3n) is 5.63. The van der Waals surface area contributed by atoms with E-state index < -0.39 is 35.3 Å². The number of hydrogen-bond donors (Lipinski definition) is 1. The van der Waals surface area contributed by atoms with Gasteiger partial charge in [-0.15, -0.1) is 0 Å². The predicted octanol–water partition coefficient (Wildman–Crippen LogP) is -0.187. The first kappa shape index (κ1) is 39.4. The van der Waals surface area contributed by atoms with Gasteiger partial charge in [-0.05, 0) is 48.5 Å². The Hall–Kier alpha value is -3.58. The molecule has 2 amide bonds. The van der Waals surface area contributed by atoms with Crippen LogP contribution < -0.4 is 18.9 Å². The Morgan fingerprint density at radius 3 is 1.58 bits per heavy atom. The summed E-state index contributed by atoms with van der Waals surface area (Å²) in [6.45, 7) is 14.0. The van der Waals surface area contributed by atoms with Crippen LogP contribution in [0.1, 0.15) is 92.1 Å². The molecule has 0 unspecified atom stereocenters. The molecule has 2 aliphatic heterocycles. The summed E-state index contributed by atoms with van der Waals surface area (Å²) < 4.78 is 25.6. The molecule has 2 aliphatic rings. The van der Waals surface area contributed by atoms with Crippen LogP contribution in [-0.4, -0.2) is 91.2 Å². The molecule has 4 heterocycles. The van der Waals surface area contributed by atoms with Gasteiger partial charge in [0, 0.05) is 37.1 Å². The third kappa shape index (κ3) is 10.6. The summed E-state index contributed by atoms with van der Waals surface area (Å²) in [6, 6.07) is 0. The average molecular weight is 607 g/mol. The van der Waals surface area contributed by atoms with Crippen LogP contribution >= 0.6 is 0 Å². The van der Waals surface area contributed by atoms with Crippen LogP contribution in [0.5, 0.6) is 0 Å². The second-order valence-electron chi connectivity index (χ2n) is 11.2. The van der Waals surface area contributed by atoms with Crippen molar-refractivity contribution in [3.8, 4) is 0 Å². The molecule has 0 bridgehead atoms. The summed E-state index contributed by atoms with van der Waals surface area (Å²) in [5.74, 6) is -0.542. The molecular weight excluding hydrogens is 567 g/mol. The minimum absolute atomic E-state index is 0. The second-order valence-corrected chi connectivity index (χ2v) is 11.2. The van der Waals surface area contributed by atoms with Crippen LogP contribution in [0.2, 0.25) is 0 Å². The molecule has 0 atom stereocenters.